The van der Waals surface area contributed by atoms with Crippen LogP contribution in [0.2, 0.25) is 0 Å². The molecule has 5 nitrogen and oxygen atoms in total. The van der Waals surface area contributed by atoms with Crippen molar-refractivity contribution in [1.29, 1.82) is 0 Å². The van der Waals surface area contributed by atoms with Crippen LogP contribution in [0.15, 0.2) is 70.5 Å². The van der Waals surface area contributed by atoms with Gasteiger partial charge in [-0.2, -0.15) is 0 Å². The van der Waals surface area contributed by atoms with E-state index in [1.807, 2.05) is 36.4 Å². The molecule has 3 aromatic rings. The van der Waals surface area contributed by atoms with Crippen molar-refractivity contribution in [2.45, 2.75) is 18.4 Å². The van der Waals surface area contributed by atoms with Gasteiger partial charge in [0.1, 0.15) is 12.4 Å². The number of aromatic nitrogens is 1. The molecule has 0 saturated heterocycles. The molecule has 3 rings (SSSR count). The Labute approximate surface area is 158 Å². The predicted octanol–water partition coefficient (Wildman–Crippen LogP) is 3.34. The van der Waals surface area contributed by atoms with Crippen molar-refractivity contribution in [2.24, 2.45) is 7.05 Å². The monoisotopic (exact) mass is 383 g/mol. The standard InChI is InChI=1S/C21H21NO4S/c1-15-18(11-12-22(2)21(15)23)19-9-4-5-10-20(19)26-14-16-7-6-8-17(13-16)27(3,24)25/h4-13H,14H2,1-3H3. The van der Waals surface area contributed by atoms with Crippen molar-refractivity contribution < 1.29 is 13.2 Å². The fraction of sp³-hybridized carbons (Fsp3) is 0.190. The van der Waals surface area contributed by atoms with Crippen LogP contribution in [0.5, 0.6) is 5.75 Å². The third-order valence-corrected chi connectivity index (χ3v) is 5.52. The Morgan fingerprint density at radius 1 is 1.00 bits per heavy atom. The molecule has 0 aliphatic rings. The van der Waals surface area contributed by atoms with Crippen molar-refractivity contribution in [2.75, 3.05) is 6.26 Å². The van der Waals surface area contributed by atoms with Gasteiger partial charge in [-0.25, -0.2) is 8.42 Å². The Balaban J connectivity index is 1.93. The molecule has 0 aliphatic heterocycles. The third-order valence-electron chi connectivity index (χ3n) is 4.41. The van der Waals surface area contributed by atoms with Gasteiger partial charge >= 0.3 is 0 Å². The highest BCUT2D eigenvalue weighted by atomic mass is 32.2. The first-order valence-electron chi connectivity index (χ1n) is 8.45. The highest BCUT2D eigenvalue weighted by molar-refractivity contribution is 7.90. The second-order valence-electron chi connectivity index (χ2n) is 6.47. The third kappa shape index (κ3) is 4.11. The molecule has 0 atom stereocenters. The van der Waals surface area contributed by atoms with Gasteiger partial charge in [-0.1, -0.05) is 30.3 Å². The second-order valence-corrected chi connectivity index (χ2v) is 8.49. The zero-order valence-electron chi connectivity index (χ0n) is 15.5. The van der Waals surface area contributed by atoms with Gasteiger partial charge < -0.3 is 9.30 Å². The molecule has 0 aliphatic carbocycles. The molecule has 0 saturated carbocycles. The molecule has 0 bridgehead atoms. The Bertz CT molecular complexity index is 1150. The number of para-hydroxylation sites is 1. The van der Waals surface area contributed by atoms with E-state index in [0.29, 0.717) is 11.3 Å². The molecule has 1 aromatic heterocycles. The molecule has 0 radical (unpaired) electrons. The van der Waals surface area contributed by atoms with Crippen LogP contribution in [-0.4, -0.2) is 19.2 Å². The summed E-state index contributed by atoms with van der Waals surface area (Å²) in [7, 11) is -1.55. The number of hydrogen-bond acceptors (Lipinski definition) is 4. The quantitative estimate of drug-likeness (QED) is 0.678. The van der Waals surface area contributed by atoms with Crippen molar-refractivity contribution >= 4 is 9.84 Å². The van der Waals surface area contributed by atoms with E-state index >= 15 is 0 Å². The summed E-state index contributed by atoms with van der Waals surface area (Å²) in [4.78, 5) is 12.5. The molecule has 6 heteroatoms. The fourth-order valence-electron chi connectivity index (χ4n) is 2.89. The van der Waals surface area contributed by atoms with Gasteiger partial charge in [0.25, 0.3) is 5.56 Å². The topological polar surface area (TPSA) is 65.4 Å². The van der Waals surface area contributed by atoms with E-state index in [1.54, 1.807) is 42.9 Å². The zero-order chi connectivity index (χ0) is 19.6. The summed E-state index contributed by atoms with van der Waals surface area (Å²) in [5.74, 6) is 0.638. The van der Waals surface area contributed by atoms with E-state index in [0.717, 1.165) is 16.7 Å². The average Bonchev–Trinajstić information content (AvgIpc) is 2.65. The SMILES string of the molecule is Cc1c(-c2ccccc2OCc2cccc(S(C)(=O)=O)c2)ccn(C)c1=O. The van der Waals surface area contributed by atoms with E-state index in [2.05, 4.69) is 0 Å². The molecule has 0 spiro atoms. The van der Waals surface area contributed by atoms with Crippen molar-refractivity contribution in [3.05, 3.63) is 82.3 Å². The zero-order valence-corrected chi connectivity index (χ0v) is 16.3. The molecule has 0 N–H and O–H groups in total. The summed E-state index contributed by atoms with van der Waals surface area (Å²) in [5, 5.41) is 0. The first-order chi connectivity index (χ1) is 12.8. The van der Waals surface area contributed by atoms with Crippen LogP contribution in [0.3, 0.4) is 0 Å². The Morgan fingerprint density at radius 2 is 1.74 bits per heavy atom. The predicted molar refractivity (Wildman–Crippen MR) is 106 cm³/mol. The van der Waals surface area contributed by atoms with Gasteiger partial charge in [0.15, 0.2) is 9.84 Å². The lowest BCUT2D eigenvalue weighted by atomic mass is 10.0. The number of rotatable bonds is 5. The Hall–Kier alpha value is -2.86. The first kappa shape index (κ1) is 18.9. The van der Waals surface area contributed by atoms with E-state index in [1.165, 1.54) is 6.26 Å². The maximum absolute atomic E-state index is 12.3. The lowest BCUT2D eigenvalue weighted by Gasteiger charge is -2.14. The maximum atomic E-state index is 12.3. The van der Waals surface area contributed by atoms with Gasteiger partial charge in [-0.3, -0.25) is 4.79 Å². The molecule has 0 fully saturated rings. The lowest BCUT2D eigenvalue weighted by Crippen LogP contribution is -2.19. The van der Waals surface area contributed by atoms with Gasteiger partial charge in [-0.15, -0.1) is 0 Å². The second kappa shape index (κ2) is 7.40. The van der Waals surface area contributed by atoms with Gasteiger partial charge in [-0.05, 0) is 42.3 Å². The summed E-state index contributed by atoms with van der Waals surface area (Å²) in [6, 6.07) is 16.1. The minimum Gasteiger partial charge on any atom is -0.488 e. The molecule has 0 unspecified atom stereocenters. The number of ether oxygens (including phenoxy) is 1. The molecular weight excluding hydrogens is 362 g/mol. The summed E-state index contributed by atoms with van der Waals surface area (Å²) < 4.78 is 31.0. The minimum atomic E-state index is -3.27. The number of nitrogens with zero attached hydrogens (tertiary/aromatic N) is 1. The molecule has 1 heterocycles. The van der Waals surface area contributed by atoms with Crippen LogP contribution in [-0.2, 0) is 23.5 Å². The normalized spacial score (nSPS) is 11.4. The lowest BCUT2D eigenvalue weighted by molar-refractivity contribution is 0.307. The van der Waals surface area contributed by atoms with Crippen molar-refractivity contribution in [3.63, 3.8) is 0 Å². The largest absolute Gasteiger partial charge is 0.488 e. The molecule has 0 amide bonds. The van der Waals surface area contributed by atoms with Crippen molar-refractivity contribution in [3.8, 4) is 16.9 Å². The number of sulfone groups is 1. The van der Waals surface area contributed by atoms with Gasteiger partial charge in [0.05, 0.1) is 4.90 Å². The van der Waals surface area contributed by atoms with Crippen LogP contribution in [0, 0.1) is 6.92 Å². The maximum Gasteiger partial charge on any atom is 0.253 e. The van der Waals surface area contributed by atoms with Crippen LogP contribution in [0.4, 0.5) is 0 Å². The van der Waals surface area contributed by atoms with Crippen molar-refractivity contribution in [1.82, 2.24) is 4.57 Å². The summed E-state index contributed by atoms with van der Waals surface area (Å²) >= 11 is 0. The molecule has 2 aromatic carbocycles. The highest BCUT2D eigenvalue weighted by Crippen LogP contribution is 2.31. The summed E-state index contributed by atoms with van der Waals surface area (Å²) in [5.41, 5.74) is 3.00. The van der Waals surface area contributed by atoms with Crippen LogP contribution >= 0.6 is 0 Å². The van der Waals surface area contributed by atoms with Crippen LogP contribution in [0.25, 0.3) is 11.1 Å². The number of aryl methyl sites for hydroxylation is 1. The Kier molecular flexibility index (Phi) is 5.19. The molecule has 140 valence electrons. The Morgan fingerprint density at radius 3 is 2.48 bits per heavy atom. The molecule has 27 heavy (non-hydrogen) atoms. The number of benzene rings is 2. The molecular formula is C21H21NO4S. The summed E-state index contributed by atoms with van der Waals surface area (Å²) in [6.07, 6.45) is 2.91. The smallest absolute Gasteiger partial charge is 0.253 e. The first-order valence-corrected chi connectivity index (χ1v) is 10.3. The van der Waals surface area contributed by atoms with Crippen LogP contribution < -0.4 is 10.3 Å². The number of pyridine rings is 1. The van der Waals surface area contributed by atoms with E-state index < -0.39 is 9.84 Å². The summed E-state index contributed by atoms with van der Waals surface area (Å²) in [6.45, 7) is 2.02. The van der Waals surface area contributed by atoms with E-state index in [4.69, 9.17) is 4.74 Å². The highest BCUT2D eigenvalue weighted by Gasteiger charge is 2.12. The van der Waals surface area contributed by atoms with E-state index in [-0.39, 0.29) is 17.1 Å². The average molecular weight is 383 g/mol. The number of hydrogen-bond donors (Lipinski definition) is 0. The van der Waals surface area contributed by atoms with E-state index in [9.17, 15) is 13.2 Å². The van der Waals surface area contributed by atoms with Gasteiger partial charge in [0, 0.05) is 30.6 Å². The van der Waals surface area contributed by atoms with Gasteiger partial charge in [0.2, 0.25) is 0 Å². The minimum absolute atomic E-state index is 0.0526. The fourth-order valence-corrected chi connectivity index (χ4v) is 3.58. The van der Waals surface area contributed by atoms with Crippen LogP contribution in [0.1, 0.15) is 11.1 Å².